The molecule has 0 aliphatic rings. The first-order valence-electron chi connectivity index (χ1n) is 6.02. The maximum atomic E-state index is 13.8. The van der Waals surface area contributed by atoms with Crippen LogP contribution in [0.4, 0.5) is 10.2 Å². The maximum absolute atomic E-state index is 13.8. The highest BCUT2D eigenvalue weighted by molar-refractivity contribution is 9.10. The lowest BCUT2D eigenvalue weighted by molar-refractivity contribution is 0.421. The quantitative estimate of drug-likeness (QED) is 0.659. The number of hydrazine groups is 1. The lowest BCUT2D eigenvalue weighted by atomic mass is 10.3. The lowest BCUT2D eigenvalue weighted by Crippen LogP contribution is -2.13. The summed E-state index contributed by atoms with van der Waals surface area (Å²) in [6.07, 6.45) is 0.619. The van der Waals surface area contributed by atoms with Crippen molar-refractivity contribution in [3.63, 3.8) is 0 Å². The lowest BCUT2D eigenvalue weighted by Gasteiger charge is -2.12. The van der Waals surface area contributed by atoms with Crippen LogP contribution in [-0.2, 0) is 6.42 Å². The first-order chi connectivity index (χ1) is 9.55. The van der Waals surface area contributed by atoms with Crippen LogP contribution in [0, 0.1) is 12.7 Å². The Hall–Kier alpha value is -1.73. The zero-order valence-electron chi connectivity index (χ0n) is 11.1. The van der Waals surface area contributed by atoms with E-state index in [1.54, 1.807) is 13.0 Å². The highest BCUT2D eigenvalue weighted by Gasteiger charge is 2.13. The van der Waals surface area contributed by atoms with Gasteiger partial charge in [-0.15, -0.1) is 0 Å². The Kier molecular flexibility index (Phi) is 4.51. The predicted molar refractivity (Wildman–Crippen MR) is 78.1 cm³/mol. The number of rotatable bonds is 4. The van der Waals surface area contributed by atoms with Gasteiger partial charge >= 0.3 is 0 Å². The van der Waals surface area contributed by atoms with Gasteiger partial charge in [0, 0.05) is 10.9 Å². The van der Waals surface area contributed by atoms with Gasteiger partial charge in [-0.1, -0.05) is 22.9 Å². The van der Waals surface area contributed by atoms with Crippen LogP contribution in [0.25, 0.3) is 0 Å². The van der Waals surface area contributed by atoms with Crippen LogP contribution in [0.3, 0.4) is 0 Å². The smallest absolute Gasteiger partial charge is 0.227 e. The average Bonchev–Trinajstić information content (AvgIpc) is 2.43. The van der Waals surface area contributed by atoms with Gasteiger partial charge in [0.25, 0.3) is 0 Å². The third kappa shape index (κ3) is 3.05. The third-order valence-corrected chi connectivity index (χ3v) is 3.19. The number of nitrogens with zero attached hydrogens (tertiary/aromatic N) is 2. The molecule has 0 saturated carbocycles. The Bertz CT molecular complexity index is 636. The molecule has 1 aromatic carbocycles. The van der Waals surface area contributed by atoms with Crippen molar-refractivity contribution in [1.29, 1.82) is 0 Å². The molecular weight excluding hydrogens is 327 g/mol. The molecule has 2 rings (SSSR count). The van der Waals surface area contributed by atoms with Gasteiger partial charge in [0.2, 0.25) is 5.88 Å². The van der Waals surface area contributed by atoms with Crippen molar-refractivity contribution in [2.45, 2.75) is 20.3 Å². The molecular formula is C13H14BrFN4O. The fourth-order valence-corrected chi connectivity index (χ4v) is 1.93. The highest BCUT2D eigenvalue weighted by Crippen LogP contribution is 2.29. The van der Waals surface area contributed by atoms with Crippen LogP contribution in [-0.4, -0.2) is 9.97 Å². The fourth-order valence-electron chi connectivity index (χ4n) is 1.60. The number of nitrogen functional groups attached to an aromatic ring is 1. The summed E-state index contributed by atoms with van der Waals surface area (Å²) < 4.78 is 20.0. The normalized spacial score (nSPS) is 10.4. The van der Waals surface area contributed by atoms with E-state index < -0.39 is 5.82 Å². The molecule has 7 heteroatoms. The molecule has 20 heavy (non-hydrogen) atoms. The van der Waals surface area contributed by atoms with Gasteiger partial charge in [0.15, 0.2) is 11.6 Å². The van der Waals surface area contributed by atoms with E-state index >= 15 is 0 Å². The maximum Gasteiger partial charge on any atom is 0.227 e. The molecule has 0 spiro atoms. The molecule has 2 aromatic rings. The molecule has 1 aromatic heterocycles. The standard InChI is InChI=1S/C13H14BrFN4O/c1-3-11-17-12(19-16)7(2)13(18-11)20-10-5-4-8(14)6-9(10)15/h4-6H,3,16H2,1-2H3,(H,17,18,19). The third-order valence-electron chi connectivity index (χ3n) is 2.70. The van der Waals surface area contributed by atoms with Crippen molar-refractivity contribution in [3.8, 4) is 11.6 Å². The first-order valence-corrected chi connectivity index (χ1v) is 6.81. The zero-order chi connectivity index (χ0) is 14.7. The minimum atomic E-state index is -0.474. The fraction of sp³-hybridized carbons (Fsp3) is 0.231. The number of halogens is 2. The molecule has 0 fully saturated rings. The van der Waals surface area contributed by atoms with Crippen LogP contribution in [0.15, 0.2) is 22.7 Å². The van der Waals surface area contributed by atoms with E-state index in [-0.39, 0.29) is 11.6 Å². The number of nitrogens with one attached hydrogen (secondary N) is 1. The second-order valence-corrected chi connectivity index (χ2v) is 5.01. The Labute approximate surface area is 124 Å². The molecule has 0 amide bonds. The number of hydrogen-bond donors (Lipinski definition) is 2. The van der Waals surface area contributed by atoms with E-state index in [1.165, 1.54) is 12.1 Å². The number of aromatic nitrogens is 2. The van der Waals surface area contributed by atoms with Gasteiger partial charge < -0.3 is 10.2 Å². The summed E-state index contributed by atoms with van der Waals surface area (Å²) in [4.78, 5) is 8.47. The molecule has 0 aliphatic carbocycles. The number of anilines is 1. The summed E-state index contributed by atoms with van der Waals surface area (Å²) in [6.45, 7) is 3.66. The van der Waals surface area contributed by atoms with Crippen LogP contribution >= 0.6 is 15.9 Å². The predicted octanol–water partition coefficient (Wildman–Crippen LogP) is 3.33. The van der Waals surface area contributed by atoms with Crippen LogP contribution in [0.5, 0.6) is 11.6 Å². The Balaban J connectivity index is 2.42. The van der Waals surface area contributed by atoms with Gasteiger partial charge in [-0.05, 0) is 25.1 Å². The highest BCUT2D eigenvalue weighted by atomic mass is 79.9. The first kappa shape index (κ1) is 14.7. The van der Waals surface area contributed by atoms with Gasteiger partial charge in [0.05, 0.1) is 5.56 Å². The molecule has 0 unspecified atom stereocenters. The van der Waals surface area contributed by atoms with Crippen molar-refractivity contribution < 1.29 is 9.13 Å². The van der Waals surface area contributed by atoms with Crippen LogP contribution in [0.1, 0.15) is 18.3 Å². The number of aryl methyl sites for hydroxylation is 1. The SMILES string of the molecule is CCc1nc(NN)c(C)c(Oc2ccc(Br)cc2F)n1. The van der Waals surface area contributed by atoms with E-state index in [4.69, 9.17) is 10.6 Å². The molecule has 0 atom stereocenters. The second-order valence-electron chi connectivity index (χ2n) is 4.09. The molecule has 3 N–H and O–H groups in total. The van der Waals surface area contributed by atoms with Gasteiger partial charge in [-0.2, -0.15) is 4.98 Å². The summed E-state index contributed by atoms with van der Waals surface area (Å²) in [5.41, 5.74) is 3.11. The van der Waals surface area contributed by atoms with E-state index in [0.717, 1.165) is 0 Å². The average molecular weight is 341 g/mol. The van der Waals surface area contributed by atoms with Crippen molar-refractivity contribution in [3.05, 3.63) is 39.9 Å². The van der Waals surface area contributed by atoms with Gasteiger partial charge in [0.1, 0.15) is 11.6 Å². The topological polar surface area (TPSA) is 73.1 Å². The minimum absolute atomic E-state index is 0.0972. The second kappa shape index (κ2) is 6.15. The Morgan fingerprint density at radius 3 is 2.75 bits per heavy atom. The summed E-state index contributed by atoms with van der Waals surface area (Å²) in [5, 5.41) is 0. The summed E-state index contributed by atoms with van der Waals surface area (Å²) in [6, 6.07) is 4.55. The van der Waals surface area contributed by atoms with E-state index in [1.807, 2.05) is 6.92 Å². The minimum Gasteiger partial charge on any atom is -0.435 e. The van der Waals surface area contributed by atoms with Crippen molar-refractivity contribution >= 4 is 21.7 Å². The number of benzene rings is 1. The number of ether oxygens (including phenoxy) is 1. The molecule has 0 saturated heterocycles. The Morgan fingerprint density at radius 2 is 2.15 bits per heavy atom. The zero-order valence-corrected chi connectivity index (χ0v) is 12.7. The van der Waals surface area contributed by atoms with Gasteiger partial charge in [-0.25, -0.2) is 15.2 Å². The van der Waals surface area contributed by atoms with Gasteiger partial charge in [-0.3, -0.25) is 0 Å². The van der Waals surface area contributed by atoms with E-state index in [0.29, 0.717) is 28.1 Å². The molecule has 0 bridgehead atoms. The monoisotopic (exact) mass is 340 g/mol. The summed E-state index contributed by atoms with van der Waals surface area (Å²) in [5.74, 6) is 6.34. The number of hydrogen-bond acceptors (Lipinski definition) is 5. The molecule has 0 radical (unpaired) electrons. The van der Waals surface area contributed by atoms with E-state index in [2.05, 4.69) is 31.3 Å². The Morgan fingerprint density at radius 1 is 1.40 bits per heavy atom. The molecule has 1 heterocycles. The van der Waals surface area contributed by atoms with Crippen molar-refractivity contribution in [1.82, 2.24) is 9.97 Å². The van der Waals surface area contributed by atoms with Crippen LogP contribution in [0.2, 0.25) is 0 Å². The molecule has 5 nitrogen and oxygen atoms in total. The van der Waals surface area contributed by atoms with Crippen molar-refractivity contribution in [2.75, 3.05) is 5.43 Å². The van der Waals surface area contributed by atoms with Crippen molar-refractivity contribution in [2.24, 2.45) is 5.84 Å². The molecule has 0 aliphatic heterocycles. The number of nitrogens with two attached hydrogens (primary N) is 1. The van der Waals surface area contributed by atoms with E-state index in [9.17, 15) is 4.39 Å². The van der Waals surface area contributed by atoms with Crippen LogP contribution < -0.4 is 16.0 Å². The largest absolute Gasteiger partial charge is 0.435 e. The summed E-state index contributed by atoms with van der Waals surface area (Å²) >= 11 is 3.19. The summed E-state index contributed by atoms with van der Waals surface area (Å²) in [7, 11) is 0. The molecule has 106 valence electrons.